The molecular formula is C18H28N3O5S+. The van der Waals surface area contributed by atoms with Crippen molar-refractivity contribution in [2.45, 2.75) is 36.8 Å². The highest BCUT2D eigenvalue weighted by Crippen LogP contribution is 2.20. The van der Waals surface area contributed by atoms with Crippen LogP contribution in [0.1, 0.15) is 19.8 Å². The maximum absolute atomic E-state index is 12.7. The maximum Gasteiger partial charge on any atom is 0.282 e. The summed E-state index contributed by atoms with van der Waals surface area (Å²) < 4.78 is 37.7. The molecular weight excluding hydrogens is 370 g/mol. The molecule has 2 atom stereocenters. The molecule has 1 aromatic carbocycles. The van der Waals surface area contributed by atoms with Crippen molar-refractivity contribution in [3.8, 4) is 0 Å². The molecule has 3 N–H and O–H groups in total. The Kier molecular flexibility index (Phi) is 6.83. The Morgan fingerprint density at radius 2 is 2.11 bits per heavy atom. The molecule has 2 saturated heterocycles. The Morgan fingerprint density at radius 1 is 1.33 bits per heavy atom. The zero-order valence-electron chi connectivity index (χ0n) is 15.6. The molecule has 0 saturated carbocycles. The molecule has 0 aromatic heterocycles. The van der Waals surface area contributed by atoms with Crippen LogP contribution in [0.2, 0.25) is 0 Å². The third-order valence-corrected chi connectivity index (χ3v) is 6.79. The minimum atomic E-state index is -3.58. The predicted octanol–water partition coefficient (Wildman–Crippen LogP) is -0.223. The molecule has 150 valence electrons. The number of anilines is 1. The smallest absolute Gasteiger partial charge is 0.282 e. The highest BCUT2D eigenvalue weighted by atomic mass is 32.2. The van der Waals surface area contributed by atoms with Crippen molar-refractivity contribution in [1.29, 1.82) is 0 Å². The monoisotopic (exact) mass is 398 g/mol. The van der Waals surface area contributed by atoms with Gasteiger partial charge in [-0.3, -0.25) is 4.79 Å². The average Bonchev–Trinajstić information content (AvgIpc) is 3.20. The van der Waals surface area contributed by atoms with E-state index in [9.17, 15) is 13.2 Å². The zero-order valence-corrected chi connectivity index (χ0v) is 16.4. The molecule has 27 heavy (non-hydrogen) atoms. The minimum absolute atomic E-state index is 0.158. The summed E-state index contributed by atoms with van der Waals surface area (Å²) in [4.78, 5) is 12.6. The number of quaternary nitrogens is 1. The topological polar surface area (TPSA) is 102 Å². The van der Waals surface area contributed by atoms with E-state index in [2.05, 4.69) is 5.32 Å². The lowest BCUT2D eigenvalue weighted by atomic mass is 10.2. The summed E-state index contributed by atoms with van der Waals surface area (Å²) in [6.45, 7) is 4.85. The number of nitrogens with two attached hydrogens (primary N) is 1. The fourth-order valence-corrected chi connectivity index (χ4v) is 4.67. The molecule has 9 heteroatoms. The fraction of sp³-hybridized carbons (Fsp3) is 0.611. The Hall–Kier alpha value is -1.52. The second kappa shape index (κ2) is 9.11. The number of benzene rings is 1. The van der Waals surface area contributed by atoms with Crippen LogP contribution in [0.15, 0.2) is 29.2 Å². The number of rotatable bonds is 7. The lowest BCUT2D eigenvalue weighted by Gasteiger charge is -2.26. The molecule has 0 spiro atoms. The predicted molar refractivity (Wildman–Crippen MR) is 99.9 cm³/mol. The molecule has 2 aliphatic heterocycles. The maximum atomic E-state index is 12.7. The van der Waals surface area contributed by atoms with Gasteiger partial charge in [-0.05, 0) is 38.0 Å². The standard InChI is InChI=1S/C18H27N3O5S/c1-14(19-13-16-5-3-9-26-16)18(22)20-15-4-2-6-17(12-15)27(23,24)21-7-10-25-11-8-21/h2,4,6,12,14,16,19H,3,5,7-11,13H2,1H3,(H,20,22)/p+1/t14-,16+/m0/s1. The van der Waals surface area contributed by atoms with Gasteiger partial charge in [0.15, 0.2) is 6.04 Å². The summed E-state index contributed by atoms with van der Waals surface area (Å²) in [5.74, 6) is -0.158. The Balaban J connectivity index is 1.60. The lowest BCUT2D eigenvalue weighted by Crippen LogP contribution is -2.93. The second-order valence-electron chi connectivity index (χ2n) is 6.93. The van der Waals surface area contributed by atoms with E-state index in [-0.39, 0.29) is 22.9 Å². The van der Waals surface area contributed by atoms with E-state index in [1.54, 1.807) is 18.2 Å². The normalized spacial score (nSPS) is 22.5. The van der Waals surface area contributed by atoms with Crippen LogP contribution < -0.4 is 10.6 Å². The van der Waals surface area contributed by atoms with E-state index >= 15 is 0 Å². The molecule has 1 amide bonds. The first-order valence-electron chi connectivity index (χ1n) is 9.40. The summed E-state index contributed by atoms with van der Waals surface area (Å²) in [5.41, 5.74) is 0.478. The number of carbonyl (C=O) groups excluding carboxylic acids is 1. The van der Waals surface area contributed by atoms with E-state index in [1.807, 2.05) is 12.2 Å². The van der Waals surface area contributed by atoms with Crippen LogP contribution in [-0.4, -0.2) is 70.2 Å². The van der Waals surface area contributed by atoms with Gasteiger partial charge < -0.3 is 20.1 Å². The highest BCUT2D eigenvalue weighted by molar-refractivity contribution is 7.89. The fourth-order valence-electron chi connectivity index (χ4n) is 3.22. The van der Waals surface area contributed by atoms with Crippen LogP contribution in [0.5, 0.6) is 0 Å². The molecule has 8 nitrogen and oxygen atoms in total. The van der Waals surface area contributed by atoms with E-state index in [0.717, 1.165) is 26.0 Å². The first-order chi connectivity index (χ1) is 13.0. The molecule has 0 aliphatic carbocycles. The molecule has 0 bridgehead atoms. The Labute approximate surface area is 160 Å². The van der Waals surface area contributed by atoms with Gasteiger partial charge in [0.1, 0.15) is 12.6 Å². The SMILES string of the molecule is C[C@H]([NH2+]C[C@H]1CCCO1)C(=O)Nc1cccc(S(=O)(=O)N2CCOCC2)c1. The number of hydrogen-bond acceptors (Lipinski definition) is 5. The molecule has 0 radical (unpaired) electrons. The molecule has 2 fully saturated rings. The number of nitrogens with zero attached hydrogens (tertiary/aromatic N) is 1. The third-order valence-electron chi connectivity index (χ3n) is 4.90. The van der Waals surface area contributed by atoms with E-state index < -0.39 is 10.0 Å². The first-order valence-corrected chi connectivity index (χ1v) is 10.8. The van der Waals surface area contributed by atoms with Crippen molar-refractivity contribution in [2.24, 2.45) is 0 Å². The van der Waals surface area contributed by atoms with Gasteiger partial charge in [0.25, 0.3) is 5.91 Å². The molecule has 3 rings (SSSR count). The van der Waals surface area contributed by atoms with Crippen molar-refractivity contribution in [3.05, 3.63) is 24.3 Å². The summed E-state index contributed by atoms with van der Waals surface area (Å²) >= 11 is 0. The van der Waals surface area contributed by atoms with Gasteiger partial charge in [0.05, 0.1) is 18.1 Å². The van der Waals surface area contributed by atoms with E-state index in [0.29, 0.717) is 32.0 Å². The summed E-state index contributed by atoms with van der Waals surface area (Å²) in [7, 11) is -3.58. The number of ether oxygens (including phenoxy) is 2. The van der Waals surface area contributed by atoms with E-state index in [4.69, 9.17) is 9.47 Å². The van der Waals surface area contributed by atoms with Crippen molar-refractivity contribution in [1.82, 2.24) is 4.31 Å². The van der Waals surface area contributed by atoms with Crippen LogP contribution in [0.4, 0.5) is 5.69 Å². The van der Waals surface area contributed by atoms with Crippen LogP contribution in [0.25, 0.3) is 0 Å². The molecule has 2 aliphatic rings. The quantitative estimate of drug-likeness (QED) is 0.661. The summed E-state index contributed by atoms with van der Waals surface area (Å²) in [5, 5.41) is 4.77. The number of hydrogen-bond donors (Lipinski definition) is 2. The van der Waals surface area contributed by atoms with Crippen molar-refractivity contribution in [2.75, 3.05) is 44.8 Å². The number of amides is 1. The minimum Gasteiger partial charge on any atom is -0.379 e. The lowest BCUT2D eigenvalue weighted by molar-refractivity contribution is -0.678. The van der Waals surface area contributed by atoms with Crippen LogP contribution in [0, 0.1) is 0 Å². The molecule has 1 aromatic rings. The van der Waals surface area contributed by atoms with E-state index in [1.165, 1.54) is 10.4 Å². The largest absolute Gasteiger partial charge is 0.379 e. The summed E-state index contributed by atoms with van der Waals surface area (Å²) in [6.07, 6.45) is 2.32. The first kappa shape index (κ1) is 20.2. The number of carbonyl (C=O) groups is 1. The summed E-state index contributed by atoms with van der Waals surface area (Å²) in [6, 6.07) is 6.11. The van der Waals surface area contributed by atoms with Crippen LogP contribution >= 0.6 is 0 Å². The van der Waals surface area contributed by atoms with Crippen molar-refractivity contribution in [3.63, 3.8) is 0 Å². The third kappa shape index (κ3) is 5.26. The van der Waals surface area contributed by atoms with Gasteiger partial charge in [0, 0.05) is 25.4 Å². The van der Waals surface area contributed by atoms with Crippen LogP contribution in [-0.2, 0) is 24.3 Å². The van der Waals surface area contributed by atoms with Crippen molar-refractivity contribution < 1.29 is 28.0 Å². The number of morpholine rings is 1. The molecule has 0 unspecified atom stereocenters. The van der Waals surface area contributed by atoms with Crippen LogP contribution in [0.3, 0.4) is 0 Å². The van der Waals surface area contributed by atoms with Gasteiger partial charge in [-0.15, -0.1) is 0 Å². The average molecular weight is 399 g/mol. The second-order valence-corrected chi connectivity index (χ2v) is 8.87. The Bertz CT molecular complexity index is 743. The van der Waals surface area contributed by atoms with Crippen molar-refractivity contribution >= 4 is 21.6 Å². The molecule has 2 heterocycles. The van der Waals surface area contributed by atoms with Gasteiger partial charge in [-0.25, -0.2) is 8.42 Å². The number of sulfonamides is 1. The van der Waals surface area contributed by atoms with Gasteiger partial charge in [-0.1, -0.05) is 6.07 Å². The zero-order chi connectivity index (χ0) is 19.3. The van der Waals surface area contributed by atoms with Gasteiger partial charge in [0.2, 0.25) is 10.0 Å². The Morgan fingerprint density at radius 3 is 2.81 bits per heavy atom. The highest BCUT2D eigenvalue weighted by Gasteiger charge is 2.27. The number of nitrogens with one attached hydrogen (secondary N) is 1. The van der Waals surface area contributed by atoms with Gasteiger partial charge >= 0.3 is 0 Å². The van der Waals surface area contributed by atoms with Gasteiger partial charge in [-0.2, -0.15) is 4.31 Å².